The zero-order valence-electron chi connectivity index (χ0n) is 12.1. The lowest BCUT2D eigenvalue weighted by Crippen LogP contribution is -2.50. The van der Waals surface area contributed by atoms with Gasteiger partial charge in [0.25, 0.3) is 0 Å². The standard InChI is InChI=1S/C14H29NO2/c1-6-7-8-9-10-17-15-13(2,3)11-12(16)14(15,4)5/h12,16H,6-11H2,1-5H3. The van der Waals surface area contributed by atoms with Crippen LogP contribution in [-0.2, 0) is 4.84 Å². The van der Waals surface area contributed by atoms with Gasteiger partial charge in [-0.1, -0.05) is 26.2 Å². The van der Waals surface area contributed by atoms with Gasteiger partial charge in [-0.3, -0.25) is 4.84 Å². The van der Waals surface area contributed by atoms with E-state index in [1.807, 2.05) is 5.06 Å². The maximum atomic E-state index is 10.1. The lowest BCUT2D eigenvalue weighted by molar-refractivity contribution is -0.247. The van der Waals surface area contributed by atoms with E-state index >= 15 is 0 Å². The molecule has 0 aliphatic carbocycles. The molecule has 1 atom stereocenters. The average Bonchev–Trinajstić information content (AvgIpc) is 2.35. The molecule has 0 amide bonds. The monoisotopic (exact) mass is 243 g/mol. The van der Waals surface area contributed by atoms with Crippen LogP contribution in [0.5, 0.6) is 0 Å². The van der Waals surface area contributed by atoms with E-state index in [1.54, 1.807) is 0 Å². The van der Waals surface area contributed by atoms with E-state index in [9.17, 15) is 5.11 Å². The van der Waals surface area contributed by atoms with Gasteiger partial charge < -0.3 is 5.11 Å². The minimum atomic E-state index is -0.312. The van der Waals surface area contributed by atoms with Crippen LogP contribution in [0, 0.1) is 0 Å². The molecule has 0 aromatic heterocycles. The van der Waals surface area contributed by atoms with Crippen molar-refractivity contribution in [3.05, 3.63) is 0 Å². The lowest BCUT2D eigenvalue weighted by Gasteiger charge is -2.39. The number of rotatable bonds is 6. The summed E-state index contributed by atoms with van der Waals surface area (Å²) in [5.41, 5.74) is -0.359. The van der Waals surface area contributed by atoms with Crippen LogP contribution in [0.3, 0.4) is 0 Å². The summed E-state index contributed by atoms with van der Waals surface area (Å²) in [5.74, 6) is 0. The third-order valence-electron chi connectivity index (χ3n) is 3.80. The molecule has 1 heterocycles. The first-order valence-electron chi connectivity index (χ1n) is 6.93. The Morgan fingerprint density at radius 3 is 2.29 bits per heavy atom. The summed E-state index contributed by atoms with van der Waals surface area (Å²) in [6, 6.07) is 0. The number of hydroxylamine groups is 2. The molecule has 1 fully saturated rings. The second kappa shape index (κ2) is 5.68. The second-order valence-electron chi connectivity index (χ2n) is 6.37. The van der Waals surface area contributed by atoms with Crippen LogP contribution in [0.2, 0.25) is 0 Å². The Labute approximate surface area is 106 Å². The number of aliphatic hydroxyl groups is 1. The molecule has 1 unspecified atom stereocenters. The Morgan fingerprint density at radius 1 is 1.18 bits per heavy atom. The number of unbranched alkanes of at least 4 members (excludes halogenated alkanes) is 3. The van der Waals surface area contributed by atoms with Gasteiger partial charge in [-0.05, 0) is 40.5 Å². The first kappa shape index (κ1) is 14.9. The highest BCUT2D eigenvalue weighted by atomic mass is 16.7. The summed E-state index contributed by atoms with van der Waals surface area (Å²) in [6.07, 6.45) is 5.32. The van der Waals surface area contributed by atoms with Crippen LogP contribution in [-0.4, -0.2) is 34.0 Å². The largest absolute Gasteiger partial charge is 0.391 e. The molecule has 0 spiro atoms. The third-order valence-corrected chi connectivity index (χ3v) is 3.80. The van der Waals surface area contributed by atoms with E-state index in [2.05, 4.69) is 34.6 Å². The Morgan fingerprint density at radius 2 is 1.82 bits per heavy atom. The topological polar surface area (TPSA) is 32.7 Å². The summed E-state index contributed by atoms with van der Waals surface area (Å²) in [7, 11) is 0. The highest BCUT2D eigenvalue weighted by Gasteiger charge is 2.52. The van der Waals surface area contributed by atoms with Crippen molar-refractivity contribution in [2.75, 3.05) is 6.61 Å². The van der Waals surface area contributed by atoms with E-state index in [4.69, 9.17) is 4.84 Å². The molecule has 0 aromatic carbocycles. The molecule has 3 nitrogen and oxygen atoms in total. The Hall–Kier alpha value is -0.120. The molecule has 1 rings (SSSR count). The van der Waals surface area contributed by atoms with Crippen LogP contribution in [0.25, 0.3) is 0 Å². The van der Waals surface area contributed by atoms with Crippen molar-refractivity contribution < 1.29 is 9.94 Å². The van der Waals surface area contributed by atoms with Crippen molar-refractivity contribution in [1.82, 2.24) is 5.06 Å². The maximum absolute atomic E-state index is 10.1. The van der Waals surface area contributed by atoms with Gasteiger partial charge in [0.15, 0.2) is 0 Å². The fourth-order valence-corrected chi connectivity index (χ4v) is 2.75. The van der Waals surface area contributed by atoms with Gasteiger partial charge in [0.1, 0.15) is 0 Å². The molecule has 1 aliphatic heterocycles. The molecular formula is C14H29NO2. The normalized spacial score (nSPS) is 27.5. The molecule has 0 radical (unpaired) electrons. The quantitative estimate of drug-likeness (QED) is 0.728. The zero-order chi connectivity index (χ0) is 13.1. The van der Waals surface area contributed by atoms with Crippen molar-refractivity contribution in [3.8, 4) is 0 Å². The Balaban J connectivity index is 2.44. The SMILES string of the molecule is CCCCCCON1C(C)(C)CC(O)C1(C)C. The number of hydrogen-bond acceptors (Lipinski definition) is 3. The van der Waals surface area contributed by atoms with Crippen molar-refractivity contribution >= 4 is 0 Å². The second-order valence-corrected chi connectivity index (χ2v) is 6.37. The number of hydrogen-bond donors (Lipinski definition) is 1. The first-order chi connectivity index (χ1) is 7.82. The van der Waals surface area contributed by atoms with Gasteiger partial charge in [-0.2, -0.15) is 5.06 Å². The Kier molecular flexibility index (Phi) is 4.99. The van der Waals surface area contributed by atoms with E-state index in [0.717, 1.165) is 19.4 Å². The molecule has 0 saturated carbocycles. The molecule has 1 saturated heterocycles. The predicted molar refractivity (Wildman–Crippen MR) is 70.7 cm³/mol. The fraction of sp³-hybridized carbons (Fsp3) is 1.00. The first-order valence-corrected chi connectivity index (χ1v) is 6.93. The van der Waals surface area contributed by atoms with Crippen molar-refractivity contribution in [2.45, 2.75) is 83.9 Å². The van der Waals surface area contributed by atoms with Crippen LogP contribution in [0.15, 0.2) is 0 Å². The van der Waals surface area contributed by atoms with Crippen molar-refractivity contribution in [2.24, 2.45) is 0 Å². The van der Waals surface area contributed by atoms with E-state index in [-0.39, 0.29) is 17.2 Å². The van der Waals surface area contributed by atoms with Crippen LogP contribution in [0.4, 0.5) is 0 Å². The molecule has 3 heteroatoms. The van der Waals surface area contributed by atoms with Gasteiger partial charge in [0.05, 0.1) is 18.2 Å². The molecule has 0 bridgehead atoms. The highest BCUT2D eigenvalue weighted by molar-refractivity contribution is 5.02. The zero-order valence-corrected chi connectivity index (χ0v) is 12.1. The molecule has 1 N–H and O–H groups in total. The van der Waals surface area contributed by atoms with E-state index in [1.165, 1.54) is 19.3 Å². The fourth-order valence-electron chi connectivity index (χ4n) is 2.75. The lowest BCUT2D eigenvalue weighted by atomic mass is 9.98. The maximum Gasteiger partial charge on any atom is 0.0759 e. The van der Waals surface area contributed by atoms with Gasteiger partial charge in [0.2, 0.25) is 0 Å². The highest BCUT2D eigenvalue weighted by Crippen LogP contribution is 2.40. The molecule has 102 valence electrons. The van der Waals surface area contributed by atoms with E-state index in [0.29, 0.717) is 0 Å². The summed E-state index contributed by atoms with van der Waals surface area (Å²) < 4.78 is 0. The third kappa shape index (κ3) is 3.43. The van der Waals surface area contributed by atoms with Crippen LogP contribution >= 0.6 is 0 Å². The summed E-state index contributed by atoms with van der Waals surface area (Å²) >= 11 is 0. The van der Waals surface area contributed by atoms with Gasteiger partial charge >= 0.3 is 0 Å². The molecule has 17 heavy (non-hydrogen) atoms. The predicted octanol–water partition coefficient (Wildman–Crippen LogP) is 3.12. The summed E-state index contributed by atoms with van der Waals surface area (Å²) in [5, 5.41) is 12.1. The summed E-state index contributed by atoms with van der Waals surface area (Å²) in [4.78, 5) is 5.92. The minimum Gasteiger partial charge on any atom is -0.391 e. The number of aliphatic hydroxyl groups excluding tert-OH is 1. The minimum absolute atomic E-state index is 0.0757. The smallest absolute Gasteiger partial charge is 0.0759 e. The van der Waals surface area contributed by atoms with Crippen LogP contribution < -0.4 is 0 Å². The average molecular weight is 243 g/mol. The molecule has 1 aliphatic rings. The van der Waals surface area contributed by atoms with Gasteiger partial charge in [0, 0.05) is 5.54 Å². The summed E-state index contributed by atoms with van der Waals surface area (Å²) in [6.45, 7) is 11.4. The molecular weight excluding hydrogens is 214 g/mol. The molecule has 0 aromatic rings. The van der Waals surface area contributed by atoms with Crippen LogP contribution in [0.1, 0.15) is 66.7 Å². The van der Waals surface area contributed by atoms with Crippen molar-refractivity contribution in [1.29, 1.82) is 0 Å². The van der Waals surface area contributed by atoms with Gasteiger partial charge in [-0.15, -0.1) is 0 Å². The van der Waals surface area contributed by atoms with E-state index < -0.39 is 0 Å². The van der Waals surface area contributed by atoms with Crippen molar-refractivity contribution in [3.63, 3.8) is 0 Å². The van der Waals surface area contributed by atoms with Gasteiger partial charge in [-0.25, -0.2) is 0 Å². The Bertz CT molecular complexity index is 238. The number of nitrogens with zero attached hydrogens (tertiary/aromatic N) is 1.